The molecule has 3 rings (SSSR count). The van der Waals surface area contributed by atoms with E-state index in [1.807, 2.05) is 11.8 Å². The number of likely N-dealkylation sites (tertiary alicyclic amines) is 1. The second kappa shape index (κ2) is 7.21. The number of aliphatic hydroxyl groups is 1. The van der Waals surface area contributed by atoms with Gasteiger partial charge in [0.15, 0.2) is 0 Å². The number of hydrogen-bond acceptors (Lipinski definition) is 4. The van der Waals surface area contributed by atoms with E-state index in [0.29, 0.717) is 13.0 Å². The number of piperidine rings is 1. The van der Waals surface area contributed by atoms with E-state index in [1.165, 1.54) is 19.3 Å². The molecule has 1 fully saturated rings. The monoisotopic (exact) mass is 334 g/mol. The minimum Gasteiger partial charge on any atom is -0.380 e. The maximum atomic E-state index is 12.7. The van der Waals surface area contributed by atoms with Crippen LogP contribution in [0.4, 0.5) is 0 Å². The molecule has 6 nitrogen and oxygen atoms in total. The Morgan fingerprint density at radius 1 is 1.25 bits per heavy atom. The quantitative estimate of drug-likeness (QED) is 0.917. The highest BCUT2D eigenvalue weighted by molar-refractivity contribution is 5.84. The molecule has 24 heavy (non-hydrogen) atoms. The molecule has 2 atom stereocenters. The number of carbonyl (C=O) groups excluding carboxylic acids is 1. The first-order valence-electron chi connectivity index (χ1n) is 9.46. The lowest BCUT2D eigenvalue weighted by atomic mass is 9.93. The van der Waals surface area contributed by atoms with Crippen LogP contribution in [0.5, 0.6) is 0 Å². The van der Waals surface area contributed by atoms with Crippen molar-refractivity contribution in [3.63, 3.8) is 0 Å². The summed E-state index contributed by atoms with van der Waals surface area (Å²) in [6.45, 7) is 6.01. The van der Waals surface area contributed by atoms with Crippen LogP contribution in [-0.2, 0) is 17.8 Å². The molecule has 134 valence electrons. The molecule has 3 heterocycles. The molecular weight excluding hydrogens is 304 g/mol. The van der Waals surface area contributed by atoms with Crippen molar-refractivity contribution in [1.82, 2.24) is 19.7 Å². The predicted molar refractivity (Wildman–Crippen MR) is 91.7 cm³/mol. The van der Waals surface area contributed by atoms with E-state index < -0.39 is 5.60 Å². The van der Waals surface area contributed by atoms with Gasteiger partial charge in [0.2, 0.25) is 0 Å². The Morgan fingerprint density at radius 3 is 2.88 bits per heavy atom. The Kier molecular flexibility index (Phi) is 5.23. The highest BCUT2D eigenvalue weighted by Crippen LogP contribution is 2.29. The van der Waals surface area contributed by atoms with Crippen molar-refractivity contribution in [1.29, 1.82) is 0 Å². The molecule has 0 saturated carbocycles. The van der Waals surface area contributed by atoms with Crippen LogP contribution in [0.2, 0.25) is 0 Å². The van der Waals surface area contributed by atoms with Crippen molar-refractivity contribution in [3.05, 3.63) is 11.6 Å². The fourth-order valence-corrected chi connectivity index (χ4v) is 4.12. The highest BCUT2D eigenvalue weighted by atomic mass is 16.3. The van der Waals surface area contributed by atoms with Gasteiger partial charge in [-0.25, -0.2) is 0 Å². The Labute approximate surface area is 144 Å². The fourth-order valence-electron chi connectivity index (χ4n) is 4.12. The summed E-state index contributed by atoms with van der Waals surface area (Å²) in [5.74, 6) is 2.24. The molecule has 1 aromatic heterocycles. The molecule has 0 spiro atoms. The Balaban J connectivity index is 1.74. The Bertz CT molecular complexity index is 582. The van der Waals surface area contributed by atoms with Gasteiger partial charge in [0, 0.05) is 32.0 Å². The Morgan fingerprint density at radius 2 is 2.08 bits per heavy atom. The van der Waals surface area contributed by atoms with Crippen molar-refractivity contribution in [2.45, 2.75) is 83.3 Å². The van der Waals surface area contributed by atoms with Gasteiger partial charge in [0.1, 0.15) is 17.2 Å². The van der Waals surface area contributed by atoms with Gasteiger partial charge in [-0.05, 0) is 39.0 Å². The van der Waals surface area contributed by atoms with Gasteiger partial charge in [0.25, 0.3) is 5.91 Å². The van der Waals surface area contributed by atoms with E-state index in [4.69, 9.17) is 0 Å². The van der Waals surface area contributed by atoms with E-state index in [9.17, 15) is 9.90 Å². The van der Waals surface area contributed by atoms with Gasteiger partial charge < -0.3 is 14.6 Å². The first-order chi connectivity index (χ1) is 11.5. The summed E-state index contributed by atoms with van der Waals surface area (Å²) in [5.41, 5.74) is -1.25. The number of carbonyl (C=O) groups is 1. The molecule has 2 aliphatic heterocycles. The third-order valence-corrected chi connectivity index (χ3v) is 5.41. The smallest absolute Gasteiger partial charge is 0.254 e. The van der Waals surface area contributed by atoms with Crippen LogP contribution in [-0.4, -0.2) is 49.4 Å². The second-order valence-corrected chi connectivity index (χ2v) is 7.55. The number of aromatic nitrogens is 3. The van der Waals surface area contributed by atoms with Crippen LogP contribution >= 0.6 is 0 Å². The lowest BCUT2D eigenvalue weighted by Crippen LogP contribution is -2.50. The number of rotatable bonds is 4. The summed E-state index contributed by atoms with van der Waals surface area (Å²) in [5, 5.41) is 19.3. The number of fused-ring (bicyclic) bond motifs is 1. The van der Waals surface area contributed by atoms with Gasteiger partial charge in [-0.15, -0.1) is 10.2 Å². The summed E-state index contributed by atoms with van der Waals surface area (Å²) in [7, 11) is 0. The zero-order valence-electron chi connectivity index (χ0n) is 15.0. The van der Waals surface area contributed by atoms with Crippen molar-refractivity contribution >= 4 is 5.91 Å². The van der Waals surface area contributed by atoms with Crippen LogP contribution in [0, 0.1) is 0 Å². The zero-order chi connectivity index (χ0) is 17.2. The first-order valence-corrected chi connectivity index (χ1v) is 9.46. The van der Waals surface area contributed by atoms with Crippen LogP contribution in [0.25, 0.3) is 0 Å². The first kappa shape index (κ1) is 17.4. The van der Waals surface area contributed by atoms with Crippen LogP contribution < -0.4 is 0 Å². The third-order valence-electron chi connectivity index (χ3n) is 5.41. The standard InChI is InChI=1S/C18H30N4O2/c1-3-10-18(2,24)17(23)21-11-7-8-14(13-21)16-20-19-15-9-5-4-6-12-22(15)16/h14,24H,3-13H2,1-2H3. The third kappa shape index (κ3) is 3.48. The fraction of sp³-hybridized carbons (Fsp3) is 0.833. The molecule has 0 bridgehead atoms. The molecule has 6 heteroatoms. The summed E-state index contributed by atoms with van der Waals surface area (Å²) in [4.78, 5) is 14.5. The summed E-state index contributed by atoms with van der Waals surface area (Å²) < 4.78 is 2.29. The van der Waals surface area contributed by atoms with Crippen LogP contribution in [0.1, 0.15) is 76.4 Å². The number of hydrogen-bond donors (Lipinski definition) is 1. The van der Waals surface area contributed by atoms with E-state index >= 15 is 0 Å². The number of aryl methyl sites for hydroxylation is 1. The SMILES string of the molecule is CCCC(C)(O)C(=O)N1CCCC(c2nnc3n2CCCCC3)C1. The molecule has 0 aromatic carbocycles. The van der Waals surface area contributed by atoms with E-state index in [2.05, 4.69) is 14.8 Å². The molecule has 0 radical (unpaired) electrons. The van der Waals surface area contributed by atoms with E-state index in [1.54, 1.807) is 6.92 Å². The van der Waals surface area contributed by atoms with Crippen molar-refractivity contribution in [3.8, 4) is 0 Å². The molecule has 0 aliphatic carbocycles. The Hall–Kier alpha value is -1.43. The van der Waals surface area contributed by atoms with Gasteiger partial charge in [-0.3, -0.25) is 4.79 Å². The molecule has 1 aromatic rings. The van der Waals surface area contributed by atoms with Crippen LogP contribution in [0.15, 0.2) is 0 Å². The lowest BCUT2D eigenvalue weighted by molar-refractivity contribution is -0.151. The molecule has 1 N–H and O–H groups in total. The molecule has 1 amide bonds. The van der Waals surface area contributed by atoms with Gasteiger partial charge in [-0.1, -0.05) is 19.8 Å². The van der Waals surface area contributed by atoms with Gasteiger partial charge in [-0.2, -0.15) is 0 Å². The minimum absolute atomic E-state index is 0.135. The topological polar surface area (TPSA) is 71.2 Å². The van der Waals surface area contributed by atoms with Gasteiger partial charge in [0.05, 0.1) is 0 Å². The minimum atomic E-state index is -1.25. The van der Waals surface area contributed by atoms with Crippen molar-refractivity contribution in [2.24, 2.45) is 0 Å². The molecule has 2 aliphatic rings. The number of amides is 1. The maximum absolute atomic E-state index is 12.7. The average molecular weight is 334 g/mol. The van der Waals surface area contributed by atoms with Crippen molar-refractivity contribution < 1.29 is 9.90 Å². The summed E-state index contributed by atoms with van der Waals surface area (Å²) in [6, 6.07) is 0. The molecule has 1 saturated heterocycles. The molecule has 2 unspecified atom stereocenters. The van der Waals surface area contributed by atoms with E-state index in [-0.39, 0.29) is 11.8 Å². The summed E-state index contributed by atoms with van der Waals surface area (Å²) >= 11 is 0. The zero-order valence-corrected chi connectivity index (χ0v) is 15.0. The summed E-state index contributed by atoms with van der Waals surface area (Å²) in [6.07, 6.45) is 7.93. The van der Waals surface area contributed by atoms with E-state index in [0.717, 1.165) is 50.4 Å². The largest absolute Gasteiger partial charge is 0.380 e. The van der Waals surface area contributed by atoms with Crippen molar-refractivity contribution in [2.75, 3.05) is 13.1 Å². The number of nitrogens with zero attached hydrogens (tertiary/aromatic N) is 4. The highest BCUT2D eigenvalue weighted by Gasteiger charge is 2.37. The second-order valence-electron chi connectivity index (χ2n) is 7.55. The maximum Gasteiger partial charge on any atom is 0.254 e. The normalized spacial score (nSPS) is 24.1. The lowest BCUT2D eigenvalue weighted by Gasteiger charge is -2.36. The average Bonchev–Trinajstić information content (AvgIpc) is 2.83. The van der Waals surface area contributed by atoms with Gasteiger partial charge >= 0.3 is 0 Å². The molecular formula is C18H30N4O2. The van der Waals surface area contributed by atoms with Crippen LogP contribution in [0.3, 0.4) is 0 Å². The predicted octanol–water partition coefficient (Wildman–Crippen LogP) is 2.26.